The third kappa shape index (κ3) is 2.18. The van der Waals surface area contributed by atoms with Gasteiger partial charge in [-0.2, -0.15) is 5.10 Å². The summed E-state index contributed by atoms with van der Waals surface area (Å²) >= 11 is 3.44. The van der Waals surface area contributed by atoms with Crippen LogP contribution in [0.1, 0.15) is 24.1 Å². The average molecular weight is 361 g/mol. The molecular formula is C16H14BrFN4. The maximum Gasteiger partial charge on any atom is 0.171 e. The molecule has 2 heterocycles. The maximum atomic E-state index is 13.6. The molecule has 0 saturated carbocycles. The molecule has 0 aliphatic heterocycles. The summed E-state index contributed by atoms with van der Waals surface area (Å²) in [6.07, 6.45) is 4.53. The lowest BCUT2D eigenvalue weighted by atomic mass is 10.0. The molecule has 1 aromatic carbocycles. The molecule has 0 saturated heterocycles. The van der Waals surface area contributed by atoms with Crippen LogP contribution in [0.3, 0.4) is 0 Å². The van der Waals surface area contributed by atoms with Crippen molar-refractivity contribution in [3.05, 3.63) is 58.1 Å². The number of aromatic nitrogens is 3. The fourth-order valence-electron chi connectivity index (χ4n) is 3.11. The molecule has 2 aromatic heterocycles. The first-order valence-electron chi connectivity index (χ1n) is 7.16. The highest BCUT2D eigenvalue weighted by molar-refractivity contribution is 9.10. The van der Waals surface area contributed by atoms with Crippen molar-refractivity contribution in [2.24, 2.45) is 5.92 Å². The van der Waals surface area contributed by atoms with E-state index < -0.39 is 0 Å². The van der Waals surface area contributed by atoms with Gasteiger partial charge in [0.15, 0.2) is 5.65 Å². The van der Waals surface area contributed by atoms with Gasteiger partial charge in [-0.3, -0.25) is 0 Å². The number of rotatable bonds is 2. The van der Waals surface area contributed by atoms with Gasteiger partial charge < -0.3 is 5.32 Å². The summed E-state index contributed by atoms with van der Waals surface area (Å²) in [5.41, 5.74) is 3.00. The zero-order valence-electron chi connectivity index (χ0n) is 11.9. The number of fused-ring (bicyclic) bond motifs is 2. The number of hydrogen-bond donors (Lipinski definition) is 1. The van der Waals surface area contributed by atoms with Crippen LogP contribution in [0.25, 0.3) is 5.65 Å². The van der Waals surface area contributed by atoms with E-state index in [1.54, 1.807) is 16.8 Å². The van der Waals surface area contributed by atoms with Crippen molar-refractivity contribution < 1.29 is 4.39 Å². The fraction of sp³-hybridized carbons (Fsp3) is 0.250. The summed E-state index contributed by atoms with van der Waals surface area (Å²) < 4.78 is 16.1. The van der Waals surface area contributed by atoms with Gasteiger partial charge in [0.2, 0.25) is 0 Å². The number of nitrogens with zero attached hydrogens (tertiary/aromatic N) is 3. The first-order chi connectivity index (χ1) is 10.6. The van der Waals surface area contributed by atoms with Crippen molar-refractivity contribution >= 4 is 27.4 Å². The highest BCUT2D eigenvalue weighted by atomic mass is 79.9. The number of halogens is 2. The van der Waals surface area contributed by atoms with E-state index in [1.165, 1.54) is 11.6 Å². The van der Waals surface area contributed by atoms with Crippen molar-refractivity contribution in [3.8, 4) is 0 Å². The van der Waals surface area contributed by atoms with Crippen LogP contribution in [-0.2, 0) is 6.42 Å². The summed E-state index contributed by atoms with van der Waals surface area (Å²) in [7, 11) is 0. The van der Waals surface area contributed by atoms with Crippen molar-refractivity contribution in [3.63, 3.8) is 0 Å². The van der Waals surface area contributed by atoms with Gasteiger partial charge in [0.25, 0.3) is 0 Å². The molecule has 2 atom stereocenters. The minimum atomic E-state index is -0.193. The van der Waals surface area contributed by atoms with Crippen LogP contribution in [0.2, 0.25) is 0 Å². The molecule has 1 N–H and O–H groups in total. The molecule has 3 aromatic rings. The van der Waals surface area contributed by atoms with E-state index in [-0.39, 0.29) is 11.9 Å². The molecule has 1 aliphatic carbocycles. The Morgan fingerprint density at radius 2 is 2.23 bits per heavy atom. The summed E-state index contributed by atoms with van der Waals surface area (Å²) in [5.74, 6) is 0.965. The van der Waals surface area contributed by atoms with Crippen molar-refractivity contribution in [2.45, 2.75) is 19.4 Å². The molecular weight excluding hydrogens is 347 g/mol. The SMILES string of the molecule is CC1Cc2ccc(F)cc2C1Nc1ccn2ncc(Br)c2n1. The number of benzene rings is 1. The second-order valence-corrected chi connectivity index (χ2v) is 6.57. The summed E-state index contributed by atoms with van der Waals surface area (Å²) in [6, 6.07) is 7.00. The van der Waals surface area contributed by atoms with Gasteiger partial charge in [0.1, 0.15) is 11.6 Å². The minimum absolute atomic E-state index is 0.0716. The Kier molecular flexibility index (Phi) is 3.14. The molecule has 0 bridgehead atoms. The zero-order valence-corrected chi connectivity index (χ0v) is 13.5. The van der Waals surface area contributed by atoms with E-state index in [0.29, 0.717) is 5.92 Å². The van der Waals surface area contributed by atoms with Gasteiger partial charge in [0.05, 0.1) is 16.7 Å². The Labute approximate surface area is 135 Å². The molecule has 0 amide bonds. The predicted octanol–water partition coefficient (Wildman–Crippen LogP) is 3.98. The van der Waals surface area contributed by atoms with E-state index in [2.05, 4.69) is 38.3 Å². The van der Waals surface area contributed by atoms with Crippen molar-refractivity contribution in [2.75, 3.05) is 5.32 Å². The molecule has 2 unspecified atom stereocenters. The predicted molar refractivity (Wildman–Crippen MR) is 86.3 cm³/mol. The second kappa shape index (κ2) is 5.05. The molecule has 4 nitrogen and oxygen atoms in total. The van der Waals surface area contributed by atoms with E-state index in [4.69, 9.17) is 0 Å². The Bertz CT molecular complexity index is 860. The van der Waals surface area contributed by atoms with Crippen LogP contribution >= 0.6 is 15.9 Å². The Morgan fingerprint density at radius 3 is 3.09 bits per heavy atom. The third-order valence-electron chi connectivity index (χ3n) is 4.18. The van der Waals surface area contributed by atoms with E-state index in [0.717, 1.165) is 27.9 Å². The van der Waals surface area contributed by atoms with Gasteiger partial charge in [-0.1, -0.05) is 13.0 Å². The van der Waals surface area contributed by atoms with E-state index in [9.17, 15) is 4.39 Å². The number of hydrogen-bond acceptors (Lipinski definition) is 3. The third-order valence-corrected chi connectivity index (χ3v) is 4.74. The fourth-order valence-corrected chi connectivity index (χ4v) is 3.48. The Hall–Kier alpha value is -1.95. The Balaban J connectivity index is 1.70. The van der Waals surface area contributed by atoms with Crippen LogP contribution < -0.4 is 5.32 Å². The molecule has 22 heavy (non-hydrogen) atoms. The number of anilines is 1. The highest BCUT2D eigenvalue weighted by Crippen LogP contribution is 2.38. The zero-order chi connectivity index (χ0) is 15.3. The van der Waals surface area contributed by atoms with Crippen molar-refractivity contribution in [1.29, 1.82) is 0 Å². The topological polar surface area (TPSA) is 42.2 Å². The van der Waals surface area contributed by atoms with E-state index in [1.807, 2.05) is 18.3 Å². The summed E-state index contributed by atoms with van der Waals surface area (Å²) in [6.45, 7) is 2.17. The smallest absolute Gasteiger partial charge is 0.171 e. The lowest BCUT2D eigenvalue weighted by Gasteiger charge is -2.19. The highest BCUT2D eigenvalue weighted by Gasteiger charge is 2.30. The first-order valence-corrected chi connectivity index (χ1v) is 7.96. The number of nitrogens with one attached hydrogen (secondary N) is 1. The molecule has 0 spiro atoms. The van der Waals surface area contributed by atoms with Crippen LogP contribution in [-0.4, -0.2) is 14.6 Å². The first kappa shape index (κ1) is 13.7. The van der Waals surface area contributed by atoms with Gasteiger partial charge in [-0.25, -0.2) is 13.9 Å². The second-order valence-electron chi connectivity index (χ2n) is 5.72. The van der Waals surface area contributed by atoms with Gasteiger partial charge in [-0.05, 0) is 57.6 Å². The van der Waals surface area contributed by atoms with Crippen LogP contribution in [0.15, 0.2) is 41.1 Å². The summed E-state index contributed by atoms with van der Waals surface area (Å²) in [4.78, 5) is 4.58. The lowest BCUT2D eigenvalue weighted by molar-refractivity contribution is 0.539. The molecule has 0 radical (unpaired) electrons. The lowest BCUT2D eigenvalue weighted by Crippen LogP contribution is -2.15. The molecule has 6 heteroatoms. The Morgan fingerprint density at radius 1 is 1.36 bits per heavy atom. The molecule has 0 fully saturated rings. The minimum Gasteiger partial charge on any atom is -0.363 e. The standard InChI is InChI=1S/C16H14BrFN4/c1-9-6-10-2-3-11(18)7-12(10)15(9)20-14-4-5-22-16(21-14)13(17)8-19-22/h2-5,7-9,15H,6H2,1H3,(H,20,21). The van der Waals surface area contributed by atoms with Crippen LogP contribution in [0.4, 0.5) is 10.2 Å². The molecule has 112 valence electrons. The van der Waals surface area contributed by atoms with Crippen LogP contribution in [0, 0.1) is 11.7 Å². The largest absolute Gasteiger partial charge is 0.363 e. The molecule has 1 aliphatic rings. The maximum absolute atomic E-state index is 13.6. The quantitative estimate of drug-likeness (QED) is 0.751. The summed E-state index contributed by atoms with van der Waals surface area (Å²) in [5, 5.41) is 7.63. The monoisotopic (exact) mass is 360 g/mol. The normalized spacial score (nSPS) is 20.3. The van der Waals surface area contributed by atoms with Crippen LogP contribution in [0.5, 0.6) is 0 Å². The average Bonchev–Trinajstić information content (AvgIpc) is 3.01. The van der Waals surface area contributed by atoms with E-state index >= 15 is 0 Å². The molecule has 4 rings (SSSR count). The van der Waals surface area contributed by atoms with Gasteiger partial charge >= 0.3 is 0 Å². The van der Waals surface area contributed by atoms with Crippen molar-refractivity contribution in [1.82, 2.24) is 14.6 Å². The van der Waals surface area contributed by atoms with Gasteiger partial charge in [0, 0.05) is 6.20 Å². The van der Waals surface area contributed by atoms with Gasteiger partial charge in [-0.15, -0.1) is 0 Å².